The van der Waals surface area contributed by atoms with E-state index in [1.165, 1.54) is 24.3 Å². The lowest BCUT2D eigenvalue weighted by atomic mass is 9.92. The van der Waals surface area contributed by atoms with Gasteiger partial charge in [0.25, 0.3) is 0 Å². The second-order valence-corrected chi connectivity index (χ2v) is 5.40. The zero-order valence-electron chi connectivity index (χ0n) is 12.7. The molecule has 1 aliphatic heterocycles. The highest BCUT2D eigenvalue weighted by molar-refractivity contribution is 5.75. The van der Waals surface area contributed by atoms with Gasteiger partial charge >= 0.3 is 6.36 Å². The molecular formula is C17H16F3NO3. The Labute approximate surface area is 136 Å². The maximum atomic E-state index is 12.2. The van der Waals surface area contributed by atoms with Gasteiger partial charge in [0.15, 0.2) is 0 Å². The van der Waals surface area contributed by atoms with E-state index < -0.39 is 6.36 Å². The van der Waals surface area contributed by atoms with Gasteiger partial charge in [0.2, 0.25) is 0 Å². The summed E-state index contributed by atoms with van der Waals surface area (Å²) in [6.07, 6.45) is -4.05. The van der Waals surface area contributed by atoms with Gasteiger partial charge in [0, 0.05) is 24.1 Å². The zero-order valence-corrected chi connectivity index (χ0v) is 12.7. The zero-order chi connectivity index (χ0) is 17.3. The number of rotatable bonds is 4. The molecule has 4 nitrogen and oxygen atoms in total. The van der Waals surface area contributed by atoms with Crippen molar-refractivity contribution in [3.05, 3.63) is 47.0 Å². The minimum Gasteiger partial charge on any atom is -0.492 e. The lowest BCUT2D eigenvalue weighted by molar-refractivity contribution is -0.274. The monoisotopic (exact) mass is 339 g/mol. The predicted octanol–water partition coefficient (Wildman–Crippen LogP) is 3.14. The Bertz CT molecular complexity index is 742. The Morgan fingerprint density at radius 2 is 1.92 bits per heavy atom. The quantitative estimate of drug-likeness (QED) is 0.898. The third-order valence-corrected chi connectivity index (χ3v) is 3.96. The summed E-state index contributed by atoms with van der Waals surface area (Å²) >= 11 is 0. The molecule has 0 fully saturated rings. The van der Waals surface area contributed by atoms with Gasteiger partial charge in [-0.1, -0.05) is 12.1 Å². The fourth-order valence-electron chi connectivity index (χ4n) is 2.93. The molecule has 0 spiro atoms. The van der Waals surface area contributed by atoms with Crippen molar-refractivity contribution in [1.82, 2.24) is 0 Å². The summed E-state index contributed by atoms with van der Waals surface area (Å²) in [5.74, 6) is 0.371. The molecule has 128 valence electrons. The van der Waals surface area contributed by atoms with Crippen molar-refractivity contribution in [2.24, 2.45) is 5.73 Å². The largest absolute Gasteiger partial charge is 0.573 e. The first-order valence-corrected chi connectivity index (χ1v) is 7.40. The molecule has 1 heterocycles. The molecule has 0 bridgehead atoms. The van der Waals surface area contributed by atoms with E-state index in [0.29, 0.717) is 24.3 Å². The summed E-state index contributed by atoms with van der Waals surface area (Å²) < 4.78 is 46.3. The van der Waals surface area contributed by atoms with Crippen LogP contribution in [0.5, 0.6) is 11.5 Å². The summed E-state index contributed by atoms with van der Waals surface area (Å²) in [4.78, 5) is 0. The molecule has 0 saturated carbocycles. The number of nitrogens with two attached hydrogens (primary N) is 1. The molecule has 0 radical (unpaired) electrons. The predicted molar refractivity (Wildman–Crippen MR) is 81.6 cm³/mol. The summed E-state index contributed by atoms with van der Waals surface area (Å²) in [5.41, 5.74) is 9.68. The van der Waals surface area contributed by atoms with Crippen LogP contribution >= 0.6 is 0 Å². The highest BCUT2D eigenvalue weighted by Gasteiger charge is 2.31. The molecule has 0 aliphatic carbocycles. The van der Waals surface area contributed by atoms with E-state index in [4.69, 9.17) is 10.5 Å². The molecule has 0 aromatic heterocycles. The SMILES string of the molecule is NCc1cc(-c2ccc(OC(F)(F)F)cc2)c2c(c1CO)CCO2. The van der Waals surface area contributed by atoms with Crippen LogP contribution in [-0.4, -0.2) is 18.1 Å². The van der Waals surface area contributed by atoms with Crippen LogP contribution in [0.25, 0.3) is 11.1 Å². The van der Waals surface area contributed by atoms with E-state index in [-0.39, 0.29) is 18.9 Å². The average Bonchev–Trinajstić information content (AvgIpc) is 3.02. The minimum atomic E-state index is -4.72. The van der Waals surface area contributed by atoms with E-state index in [2.05, 4.69) is 4.74 Å². The Kier molecular flexibility index (Phi) is 4.38. The summed E-state index contributed by atoms with van der Waals surface area (Å²) in [7, 11) is 0. The number of hydrogen-bond acceptors (Lipinski definition) is 4. The van der Waals surface area contributed by atoms with Gasteiger partial charge in [0.05, 0.1) is 13.2 Å². The van der Waals surface area contributed by atoms with Gasteiger partial charge in [-0.2, -0.15) is 0 Å². The Hall–Kier alpha value is -2.25. The van der Waals surface area contributed by atoms with Gasteiger partial charge in [-0.15, -0.1) is 13.2 Å². The maximum absolute atomic E-state index is 12.2. The molecule has 24 heavy (non-hydrogen) atoms. The van der Waals surface area contributed by atoms with Crippen LogP contribution in [0, 0.1) is 0 Å². The second kappa shape index (κ2) is 6.33. The number of aliphatic hydroxyl groups excluding tert-OH is 1. The van der Waals surface area contributed by atoms with Crippen molar-refractivity contribution in [1.29, 1.82) is 0 Å². The normalized spacial score (nSPS) is 13.5. The molecule has 0 saturated heterocycles. The molecule has 3 rings (SSSR count). The van der Waals surface area contributed by atoms with Crippen LogP contribution < -0.4 is 15.2 Å². The lowest BCUT2D eigenvalue weighted by Gasteiger charge is -2.16. The standard InChI is InChI=1S/C17H16F3NO3/c18-17(19,20)24-12-3-1-10(2-4-12)14-7-11(8-21)15(9-22)13-5-6-23-16(13)14/h1-4,7,22H,5-6,8-9,21H2. The number of alkyl halides is 3. The number of aliphatic hydroxyl groups is 1. The smallest absolute Gasteiger partial charge is 0.492 e. The molecule has 0 unspecified atom stereocenters. The van der Waals surface area contributed by atoms with Gasteiger partial charge < -0.3 is 20.3 Å². The molecule has 2 aromatic rings. The van der Waals surface area contributed by atoms with Crippen LogP contribution in [0.15, 0.2) is 30.3 Å². The van der Waals surface area contributed by atoms with E-state index in [1.807, 2.05) is 6.07 Å². The first-order valence-electron chi connectivity index (χ1n) is 7.40. The van der Waals surface area contributed by atoms with Crippen LogP contribution in [0.1, 0.15) is 16.7 Å². The van der Waals surface area contributed by atoms with Crippen molar-refractivity contribution in [2.45, 2.75) is 25.9 Å². The third kappa shape index (κ3) is 3.18. The Morgan fingerprint density at radius 1 is 1.21 bits per heavy atom. The van der Waals surface area contributed by atoms with E-state index >= 15 is 0 Å². The molecule has 0 atom stereocenters. The number of hydrogen-bond donors (Lipinski definition) is 2. The van der Waals surface area contributed by atoms with Crippen LogP contribution in [0.3, 0.4) is 0 Å². The van der Waals surface area contributed by atoms with Gasteiger partial charge in [-0.25, -0.2) is 0 Å². The van der Waals surface area contributed by atoms with Crippen LogP contribution in [0.4, 0.5) is 13.2 Å². The lowest BCUT2D eigenvalue weighted by Crippen LogP contribution is -2.16. The average molecular weight is 339 g/mol. The summed E-state index contributed by atoms with van der Waals surface area (Å²) in [6.45, 7) is 0.626. The van der Waals surface area contributed by atoms with Crippen LogP contribution in [0.2, 0.25) is 0 Å². The summed E-state index contributed by atoms with van der Waals surface area (Å²) in [6, 6.07) is 7.41. The van der Waals surface area contributed by atoms with Crippen molar-refractivity contribution in [2.75, 3.05) is 6.61 Å². The molecular weight excluding hydrogens is 323 g/mol. The van der Waals surface area contributed by atoms with Crippen molar-refractivity contribution in [3.8, 4) is 22.6 Å². The molecule has 0 amide bonds. The number of ether oxygens (including phenoxy) is 2. The van der Waals surface area contributed by atoms with Gasteiger partial charge in [0.1, 0.15) is 11.5 Å². The fraction of sp³-hybridized carbons (Fsp3) is 0.294. The Morgan fingerprint density at radius 3 is 2.50 bits per heavy atom. The number of benzene rings is 2. The first-order chi connectivity index (χ1) is 11.4. The van der Waals surface area contributed by atoms with Crippen molar-refractivity contribution >= 4 is 0 Å². The van der Waals surface area contributed by atoms with Crippen molar-refractivity contribution < 1.29 is 27.8 Å². The first kappa shape index (κ1) is 16.6. The van der Waals surface area contributed by atoms with E-state index in [9.17, 15) is 18.3 Å². The molecule has 7 heteroatoms. The minimum absolute atomic E-state index is 0.128. The topological polar surface area (TPSA) is 64.7 Å². The van der Waals surface area contributed by atoms with Crippen LogP contribution in [-0.2, 0) is 19.6 Å². The van der Waals surface area contributed by atoms with Crippen molar-refractivity contribution in [3.63, 3.8) is 0 Å². The van der Waals surface area contributed by atoms with Gasteiger partial charge in [-0.05, 0) is 34.9 Å². The van der Waals surface area contributed by atoms with E-state index in [0.717, 1.165) is 22.3 Å². The van der Waals surface area contributed by atoms with Gasteiger partial charge in [-0.3, -0.25) is 0 Å². The molecule has 3 N–H and O–H groups in total. The fourth-order valence-corrected chi connectivity index (χ4v) is 2.93. The molecule has 1 aliphatic rings. The maximum Gasteiger partial charge on any atom is 0.573 e. The summed E-state index contributed by atoms with van der Waals surface area (Å²) in [5, 5.41) is 9.59. The molecule has 2 aromatic carbocycles. The number of fused-ring (bicyclic) bond motifs is 1. The third-order valence-electron chi connectivity index (χ3n) is 3.96. The van der Waals surface area contributed by atoms with E-state index in [1.54, 1.807) is 0 Å². The Balaban J connectivity index is 2.02. The number of halogens is 3. The highest BCUT2D eigenvalue weighted by atomic mass is 19.4. The highest BCUT2D eigenvalue weighted by Crippen LogP contribution is 2.41. The second-order valence-electron chi connectivity index (χ2n) is 5.40.